The lowest BCUT2D eigenvalue weighted by Gasteiger charge is -2.18. The number of hydrogen-bond acceptors (Lipinski definition) is 3. The Labute approximate surface area is 153 Å². The third kappa shape index (κ3) is 3.96. The van der Waals surface area contributed by atoms with Gasteiger partial charge in [-0.1, -0.05) is 26.0 Å². The van der Waals surface area contributed by atoms with E-state index in [9.17, 15) is 14.7 Å². The molecule has 0 aliphatic carbocycles. The van der Waals surface area contributed by atoms with E-state index in [0.29, 0.717) is 11.5 Å². The van der Waals surface area contributed by atoms with Gasteiger partial charge >= 0.3 is 5.97 Å². The minimum atomic E-state index is -2.01. The Morgan fingerprint density at radius 1 is 1.19 bits per heavy atom. The third-order valence-electron chi connectivity index (χ3n) is 4.55. The second kappa shape index (κ2) is 7.33. The molecule has 1 heterocycles. The molecule has 2 aromatic rings. The lowest BCUT2D eigenvalue weighted by molar-refractivity contribution is -0.155. The fraction of sp³-hybridized carbons (Fsp3) is 0.400. The second-order valence-corrected chi connectivity index (χ2v) is 7.13. The Balaban J connectivity index is 2.27. The van der Waals surface area contributed by atoms with Gasteiger partial charge in [-0.2, -0.15) is 0 Å². The highest BCUT2D eigenvalue weighted by molar-refractivity contribution is 5.96. The van der Waals surface area contributed by atoms with Gasteiger partial charge in [0.05, 0.1) is 12.1 Å². The molecule has 0 aliphatic heterocycles. The highest BCUT2D eigenvalue weighted by atomic mass is 16.4. The van der Waals surface area contributed by atoms with Gasteiger partial charge < -0.3 is 20.1 Å². The smallest absolute Gasteiger partial charge is 0.337 e. The van der Waals surface area contributed by atoms with Crippen molar-refractivity contribution in [3.8, 4) is 5.69 Å². The van der Waals surface area contributed by atoms with Crippen LogP contribution in [0.4, 0.5) is 0 Å². The van der Waals surface area contributed by atoms with Crippen LogP contribution in [0.1, 0.15) is 54.0 Å². The van der Waals surface area contributed by atoms with Crippen molar-refractivity contribution in [2.45, 2.75) is 46.1 Å². The number of benzene rings is 1. The Bertz CT molecular complexity index is 817. The predicted molar refractivity (Wildman–Crippen MR) is 99.9 cm³/mol. The molecule has 0 spiro atoms. The molecule has 1 unspecified atom stereocenters. The fourth-order valence-electron chi connectivity index (χ4n) is 2.82. The van der Waals surface area contributed by atoms with E-state index < -0.39 is 17.5 Å². The van der Waals surface area contributed by atoms with Crippen LogP contribution in [0.5, 0.6) is 0 Å². The number of carboxylic acid groups (broad SMARTS) is 1. The van der Waals surface area contributed by atoms with E-state index in [2.05, 4.69) is 31.3 Å². The molecule has 1 aromatic carbocycles. The number of aliphatic carboxylic acids is 1. The van der Waals surface area contributed by atoms with Crippen molar-refractivity contribution < 1.29 is 19.8 Å². The van der Waals surface area contributed by atoms with Crippen LogP contribution in [0.15, 0.2) is 30.3 Å². The SMILES string of the molecule is Cc1cc(C(=O)NCC(C)(O)C(=O)O)c(C)n1-c1ccc(C(C)C)cc1. The van der Waals surface area contributed by atoms with Gasteiger partial charge in [-0.15, -0.1) is 0 Å². The highest BCUT2D eigenvalue weighted by Crippen LogP contribution is 2.23. The highest BCUT2D eigenvalue weighted by Gasteiger charge is 2.30. The standard InChI is InChI=1S/C20H26N2O4/c1-12(2)15-6-8-16(9-7-15)22-13(3)10-17(14(22)4)18(23)21-11-20(5,26)19(24)25/h6-10,12,26H,11H2,1-5H3,(H,21,23)(H,24,25). The molecule has 0 fully saturated rings. The average molecular weight is 358 g/mol. The maximum absolute atomic E-state index is 12.4. The Hall–Kier alpha value is -2.60. The van der Waals surface area contributed by atoms with Crippen LogP contribution in [0, 0.1) is 13.8 Å². The number of aromatic nitrogens is 1. The Kier molecular flexibility index (Phi) is 5.56. The quantitative estimate of drug-likeness (QED) is 0.740. The lowest BCUT2D eigenvalue weighted by Crippen LogP contribution is -2.46. The monoisotopic (exact) mass is 358 g/mol. The van der Waals surface area contributed by atoms with E-state index in [1.54, 1.807) is 6.07 Å². The number of carbonyl (C=O) groups is 2. The molecule has 1 amide bonds. The molecule has 0 aliphatic rings. The average Bonchev–Trinajstić information content (AvgIpc) is 2.87. The van der Waals surface area contributed by atoms with E-state index >= 15 is 0 Å². The van der Waals surface area contributed by atoms with Gasteiger partial charge in [-0.05, 0) is 50.5 Å². The molecule has 140 valence electrons. The van der Waals surface area contributed by atoms with Gasteiger partial charge in [0.15, 0.2) is 5.60 Å². The Morgan fingerprint density at radius 3 is 2.27 bits per heavy atom. The van der Waals surface area contributed by atoms with Crippen LogP contribution in [-0.2, 0) is 4.79 Å². The minimum absolute atomic E-state index is 0.367. The number of hydrogen-bond donors (Lipinski definition) is 3. The van der Waals surface area contributed by atoms with Gasteiger partial charge in [0.25, 0.3) is 5.91 Å². The largest absolute Gasteiger partial charge is 0.479 e. The maximum Gasteiger partial charge on any atom is 0.337 e. The van der Waals surface area contributed by atoms with Crippen molar-refractivity contribution in [1.82, 2.24) is 9.88 Å². The summed E-state index contributed by atoms with van der Waals surface area (Å²) in [7, 11) is 0. The summed E-state index contributed by atoms with van der Waals surface area (Å²) < 4.78 is 1.98. The number of amides is 1. The number of aryl methyl sites for hydroxylation is 1. The van der Waals surface area contributed by atoms with Crippen molar-refractivity contribution in [3.63, 3.8) is 0 Å². The summed E-state index contributed by atoms with van der Waals surface area (Å²) in [4.78, 5) is 23.4. The first-order valence-electron chi connectivity index (χ1n) is 8.58. The van der Waals surface area contributed by atoms with Gasteiger partial charge in [-0.25, -0.2) is 4.79 Å². The van der Waals surface area contributed by atoms with Crippen LogP contribution < -0.4 is 5.32 Å². The first kappa shape index (κ1) is 19.7. The molecule has 0 saturated heterocycles. The molecule has 1 atom stereocenters. The molecule has 0 radical (unpaired) electrons. The summed E-state index contributed by atoms with van der Waals surface area (Å²) in [5.74, 6) is -1.35. The molecule has 6 nitrogen and oxygen atoms in total. The molecule has 0 bridgehead atoms. The second-order valence-electron chi connectivity index (χ2n) is 7.13. The van der Waals surface area contributed by atoms with Crippen LogP contribution >= 0.6 is 0 Å². The zero-order valence-electron chi connectivity index (χ0n) is 15.8. The van der Waals surface area contributed by atoms with Crippen molar-refractivity contribution in [1.29, 1.82) is 0 Å². The number of aliphatic hydroxyl groups is 1. The van der Waals surface area contributed by atoms with E-state index in [-0.39, 0.29) is 6.54 Å². The molecular weight excluding hydrogens is 332 g/mol. The Morgan fingerprint density at radius 2 is 1.77 bits per heavy atom. The number of carbonyl (C=O) groups excluding carboxylic acids is 1. The van der Waals surface area contributed by atoms with Crippen molar-refractivity contribution in [2.24, 2.45) is 0 Å². The van der Waals surface area contributed by atoms with Crippen LogP contribution in [0.2, 0.25) is 0 Å². The molecule has 26 heavy (non-hydrogen) atoms. The minimum Gasteiger partial charge on any atom is -0.479 e. The molecule has 3 N–H and O–H groups in total. The number of nitrogens with zero attached hydrogens (tertiary/aromatic N) is 1. The van der Waals surface area contributed by atoms with Gasteiger partial charge in [0.1, 0.15) is 0 Å². The van der Waals surface area contributed by atoms with Crippen LogP contribution in [0.25, 0.3) is 5.69 Å². The van der Waals surface area contributed by atoms with Gasteiger partial charge in [0, 0.05) is 17.1 Å². The summed E-state index contributed by atoms with van der Waals surface area (Å²) in [6.45, 7) is 8.80. The number of rotatable bonds is 6. The summed E-state index contributed by atoms with van der Waals surface area (Å²) in [5.41, 5.74) is 2.30. The van der Waals surface area contributed by atoms with Crippen LogP contribution in [-0.4, -0.2) is 38.8 Å². The summed E-state index contributed by atoms with van der Waals surface area (Å²) in [5, 5.41) is 21.2. The molecule has 6 heteroatoms. The van der Waals surface area contributed by atoms with Gasteiger partial charge in [-0.3, -0.25) is 4.79 Å². The lowest BCUT2D eigenvalue weighted by atomic mass is 10.0. The first-order valence-corrected chi connectivity index (χ1v) is 8.58. The number of carboxylic acids is 1. The van der Waals surface area contributed by atoms with Crippen LogP contribution in [0.3, 0.4) is 0 Å². The normalized spacial score (nSPS) is 13.5. The molecule has 2 rings (SSSR count). The van der Waals surface area contributed by atoms with Crippen molar-refractivity contribution >= 4 is 11.9 Å². The van der Waals surface area contributed by atoms with Crippen molar-refractivity contribution in [2.75, 3.05) is 6.54 Å². The first-order chi connectivity index (χ1) is 12.0. The van der Waals surface area contributed by atoms with E-state index in [4.69, 9.17) is 5.11 Å². The van der Waals surface area contributed by atoms with Gasteiger partial charge in [0.2, 0.25) is 0 Å². The molecule has 1 aromatic heterocycles. The van der Waals surface area contributed by atoms with Crippen molar-refractivity contribution in [3.05, 3.63) is 52.8 Å². The summed E-state index contributed by atoms with van der Waals surface area (Å²) in [6, 6.07) is 9.94. The zero-order chi connectivity index (χ0) is 19.6. The third-order valence-corrected chi connectivity index (χ3v) is 4.55. The predicted octanol–water partition coefficient (Wildman–Crippen LogP) is 2.78. The summed E-state index contributed by atoms with van der Waals surface area (Å²) >= 11 is 0. The zero-order valence-corrected chi connectivity index (χ0v) is 15.8. The van der Waals surface area contributed by atoms with E-state index in [1.165, 1.54) is 5.56 Å². The van der Waals surface area contributed by atoms with E-state index in [1.807, 2.05) is 30.5 Å². The molecule has 0 saturated carbocycles. The summed E-state index contributed by atoms with van der Waals surface area (Å²) in [6.07, 6.45) is 0. The fourth-order valence-corrected chi connectivity index (χ4v) is 2.82. The topological polar surface area (TPSA) is 91.6 Å². The number of nitrogens with one attached hydrogen (secondary N) is 1. The van der Waals surface area contributed by atoms with E-state index in [0.717, 1.165) is 24.0 Å². The molecular formula is C20H26N2O4. The maximum atomic E-state index is 12.4.